The number of Topliss-reactive ketones (excluding diaryl/α,β-unsaturated/α-hetero) is 1. The fourth-order valence-corrected chi connectivity index (χ4v) is 2.63. The molecule has 0 radical (unpaired) electrons. The molecule has 17 heavy (non-hydrogen) atoms. The zero-order valence-corrected chi connectivity index (χ0v) is 9.27. The normalized spacial score (nSPS) is 21.4. The molecule has 0 atom stereocenters. The summed E-state index contributed by atoms with van der Waals surface area (Å²) >= 11 is 0. The van der Waals surface area contributed by atoms with Gasteiger partial charge in [0.2, 0.25) is 11.6 Å². The van der Waals surface area contributed by atoms with Crippen molar-refractivity contribution in [3.8, 4) is 0 Å². The van der Waals surface area contributed by atoms with E-state index in [1.54, 1.807) is 0 Å². The highest BCUT2D eigenvalue weighted by Crippen LogP contribution is 2.29. The van der Waals surface area contributed by atoms with Gasteiger partial charge in [0.1, 0.15) is 17.2 Å². The average molecular weight is 229 g/mol. The smallest absolute Gasteiger partial charge is 0.227 e. The molecule has 0 aromatic carbocycles. The number of nitrogens with zero attached hydrogens (tertiary/aromatic N) is 3. The first-order valence-electron chi connectivity index (χ1n) is 5.91. The van der Waals surface area contributed by atoms with Crippen molar-refractivity contribution in [2.75, 3.05) is 13.1 Å². The average Bonchev–Trinajstić information content (AvgIpc) is 2.91. The van der Waals surface area contributed by atoms with Gasteiger partial charge in [0.05, 0.1) is 5.70 Å². The van der Waals surface area contributed by atoms with Crippen LogP contribution in [0.1, 0.15) is 33.2 Å². The third-order valence-corrected chi connectivity index (χ3v) is 3.57. The third kappa shape index (κ3) is 1.11. The minimum atomic E-state index is -0.122. The quantitative estimate of drug-likeness (QED) is 0.654. The van der Waals surface area contributed by atoms with Gasteiger partial charge in [-0.1, -0.05) is 0 Å². The number of aromatic nitrogens is 2. The van der Waals surface area contributed by atoms with Crippen LogP contribution in [0, 0.1) is 0 Å². The zero-order chi connectivity index (χ0) is 11.6. The largest absolute Gasteiger partial charge is 0.365 e. The lowest BCUT2D eigenvalue weighted by molar-refractivity contribution is 0.0961. The van der Waals surface area contributed by atoms with Crippen LogP contribution in [0.4, 0.5) is 0 Å². The van der Waals surface area contributed by atoms with E-state index in [0.29, 0.717) is 17.1 Å². The predicted octanol–water partition coefficient (Wildman–Crippen LogP) is 0.408. The van der Waals surface area contributed by atoms with E-state index in [4.69, 9.17) is 0 Å². The molecule has 3 heterocycles. The molecular weight excluding hydrogens is 218 g/mol. The van der Waals surface area contributed by atoms with Crippen molar-refractivity contribution in [1.29, 1.82) is 0 Å². The standard InChI is InChI=1S/C12H11N3O2/c16-8-6-7(14-4-5-14)12(17)11-10(8)13-9-2-1-3-15(9)11/h6H,1-5H2. The van der Waals surface area contributed by atoms with Crippen molar-refractivity contribution >= 4 is 11.6 Å². The van der Waals surface area contributed by atoms with E-state index < -0.39 is 0 Å². The van der Waals surface area contributed by atoms with E-state index >= 15 is 0 Å². The Morgan fingerprint density at radius 3 is 2.76 bits per heavy atom. The van der Waals surface area contributed by atoms with Gasteiger partial charge >= 0.3 is 0 Å². The lowest BCUT2D eigenvalue weighted by atomic mass is 10.0. The molecule has 5 nitrogen and oxygen atoms in total. The predicted molar refractivity (Wildman–Crippen MR) is 58.9 cm³/mol. The molecule has 1 aromatic rings. The number of imidazole rings is 1. The van der Waals surface area contributed by atoms with Crippen molar-refractivity contribution in [1.82, 2.24) is 14.5 Å². The Balaban J connectivity index is 1.91. The van der Waals surface area contributed by atoms with E-state index in [-0.39, 0.29) is 11.6 Å². The van der Waals surface area contributed by atoms with Gasteiger partial charge in [-0.25, -0.2) is 4.98 Å². The van der Waals surface area contributed by atoms with Gasteiger partial charge in [-0.3, -0.25) is 9.59 Å². The highest BCUT2D eigenvalue weighted by atomic mass is 16.1. The molecule has 0 unspecified atom stereocenters. The number of carbonyl (C=O) groups excluding carboxylic acids is 2. The number of fused-ring (bicyclic) bond motifs is 3. The first-order chi connectivity index (χ1) is 8.25. The minimum Gasteiger partial charge on any atom is -0.365 e. The van der Waals surface area contributed by atoms with Crippen LogP contribution in [0.2, 0.25) is 0 Å². The van der Waals surface area contributed by atoms with E-state index in [9.17, 15) is 9.59 Å². The summed E-state index contributed by atoms with van der Waals surface area (Å²) in [5.74, 6) is 0.735. The zero-order valence-electron chi connectivity index (χ0n) is 9.27. The lowest BCUT2D eigenvalue weighted by Crippen LogP contribution is -2.23. The third-order valence-electron chi connectivity index (χ3n) is 3.57. The summed E-state index contributed by atoms with van der Waals surface area (Å²) < 4.78 is 1.92. The van der Waals surface area contributed by atoms with Crippen LogP contribution >= 0.6 is 0 Å². The fraction of sp³-hybridized carbons (Fsp3) is 0.417. The molecule has 0 N–H and O–H groups in total. The summed E-state index contributed by atoms with van der Waals surface area (Å²) in [7, 11) is 0. The number of hydrogen-bond acceptors (Lipinski definition) is 4. The maximum absolute atomic E-state index is 12.3. The molecule has 1 saturated heterocycles. The second-order valence-electron chi connectivity index (χ2n) is 4.69. The molecular formula is C12H11N3O2. The van der Waals surface area contributed by atoms with Gasteiger partial charge in [-0.15, -0.1) is 0 Å². The van der Waals surface area contributed by atoms with Crippen molar-refractivity contribution < 1.29 is 9.59 Å². The van der Waals surface area contributed by atoms with Crippen LogP contribution in [0.5, 0.6) is 0 Å². The van der Waals surface area contributed by atoms with Crippen LogP contribution < -0.4 is 0 Å². The summed E-state index contributed by atoms with van der Waals surface area (Å²) in [5.41, 5.74) is 1.43. The number of aryl methyl sites for hydroxylation is 1. The number of carbonyl (C=O) groups is 2. The molecule has 1 aromatic heterocycles. The van der Waals surface area contributed by atoms with Crippen LogP contribution in [0.25, 0.3) is 0 Å². The highest BCUT2D eigenvalue weighted by Gasteiger charge is 2.38. The van der Waals surface area contributed by atoms with Crippen molar-refractivity contribution in [3.63, 3.8) is 0 Å². The molecule has 2 aliphatic heterocycles. The Bertz CT molecular complexity index is 593. The second-order valence-corrected chi connectivity index (χ2v) is 4.69. The topological polar surface area (TPSA) is 55.0 Å². The van der Waals surface area contributed by atoms with Crippen LogP contribution in [0.3, 0.4) is 0 Å². The highest BCUT2D eigenvalue weighted by molar-refractivity contribution is 6.23. The molecule has 0 amide bonds. The van der Waals surface area contributed by atoms with Crippen molar-refractivity contribution in [2.24, 2.45) is 0 Å². The monoisotopic (exact) mass is 229 g/mol. The summed E-state index contributed by atoms with van der Waals surface area (Å²) in [6.07, 6.45) is 3.33. The van der Waals surface area contributed by atoms with E-state index in [1.807, 2.05) is 9.47 Å². The SMILES string of the molecule is O=C1C=C(N2CC2)C(=O)c2c1nc1n2CCC1. The van der Waals surface area contributed by atoms with Crippen LogP contribution in [-0.2, 0) is 13.0 Å². The molecule has 3 aliphatic rings. The van der Waals surface area contributed by atoms with Crippen molar-refractivity contribution in [3.05, 3.63) is 29.0 Å². The van der Waals surface area contributed by atoms with E-state index in [2.05, 4.69) is 4.98 Å². The molecule has 0 bridgehead atoms. The van der Waals surface area contributed by atoms with Gasteiger partial charge in [0.25, 0.3) is 0 Å². The Morgan fingerprint density at radius 1 is 1.18 bits per heavy atom. The maximum Gasteiger partial charge on any atom is 0.227 e. The second kappa shape index (κ2) is 2.85. The summed E-state index contributed by atoms with van der Waals surface area (Å²) in [6, 6.07) is 0. The first kappa shape index (κ1) is 9.15. The van der Waals surface area contributed by atoms with Crippen LogP contribution in [-0.4, -0.2) is 39.1 Å². The molecule has 0 saturated carbocycles. The number of hydrogen-bond donors (Lipinski definition) is 0. The van der Waals surface area contributed by atoms with Gasteiger partial charge < -0.3 is 9.47 Å². The lowest BCUT2D eigenvalue weighted by Gasteiger charge is -2.14. The van der Waals surface area contributed by atoms with Crippen LogP contribution in [0.15, 0.2) is 11.8 Å². The Kier molecular flexibility index (Phi) is 1.54. The van der Waals surface area contributed by atoms with E-state index in [1.165, 1.54) is 6.08 Å². The summed E-state index contributed by atoms with van der Waals surface area (Å²) in [5, 5.41) is 0. The summed E-state index contributed by atoms with van der Waals surface area (Å²) in [6.45, 7) is 2.56. The number of ketones is 2. The van der Waals surface area contributed by atoms with Gasteiger partial charge in [0.15, 0.2) is 0 Å². The molecule has 1 fully saturated rings. The Hall–Kier alpha value is -1.91. The fourth-order valence-electron chi connectivity index (χ4n) is 2.63. The molecule has 4 rings (SSSR count). The van der Waals surface area contributed by atoms with Gasteiger partial charge in [-0.2, -0.15) is 0 Å². The molecule has 86 valence electrons. The minimum absolute atomic E-state index is 0.0299. The Morgan fingerprint density at radius 2 is 2.00 bits per heavy atom. The number of rotatable bonds is 1. The molecule has 0 spiro atoms. The molecule has 5 heteroatoms. The van der Waals surface area contributed by atoms with Gasteiger partial charge in [-0.05, 0) is 6.42 Å². The first-order valence-corrected chi connectivity index (χ1v) is 5.91. The number of allylic oxidation sites excluding steroid dienone is 2. The van der Waals surface area contributed by atoms with E-state index in [0.717, 1.165) is 38.3 Å². The maximum atomic E-state index is 12.3. The summed E-state index contributed by atoms with van der Waals surface area (Å²) in [4.78, 5) is 30.5. The Labute approximate surface area is 97.7 Å². The molecule has 1 aliphatic carbocycles. The van der Waals surface area contributed by atoms with Gasteiger partial charge in [0, 0.05) is 32.1 Å². The van der Waals surface area contributed by atoms with Crippen molar-refractivity contribution in [2.45, 2.75) is 19.4 Å².